The molecule has 0 aromatic heterocycles. The molecule has 0 bridgehead atoms. The van der Waals surface area contributed by atoms with Crippen LogP contribution >= 0.6 is 0 Å². The third-order valence-electron chi connectivity index (χ3n) is 5.68. The molecule has 1 aliphatic rings. The molecule has 204 valence electrons. The molecule has 1 saturated heterocycles. The highest BCUT2D eigenvalue weighted by Crippen LogP contribution is 2.32. The smallest absolute Gasteiger partial charge is 0.303 e. The first-order valence-electron chi connectivity index (χ1n) is 12.1. The molecule has 0 unspecified atom stereocenters. The van der Waals surface area contributed by atoms with Gasteiger partial charge in [-0.3, -0.25) is 19.2 Å². The number of hydrogen-bond acceptors (Lipinski definition) is 10. The lowest BCUT2D eigenvalue weighted by Crippen LogP contribution is -2.63. The van der Waals surface area contributed by atoms with Crippen molar-refractivity contribution < 1.29 is 47.6 Å². The highest BCUT2D eigenvalue weighted by molar-refractivity contribution is 5.68. The number of esters is 4. The SMILES string of the molecule is CC(=O)OC[C@H]1O[C@@H](Oc2ccccc2Cc2ccc(C)cc2)[C@H](OC(C)=O)[C@@H](OC(C)=O)[C@@H]1OC(C)=O. The zero-order valence-corrected chi connectivity index (χ0v) is 22.0. The molecule has 0 N–H and O–H groups in total. The Balaban J connectivity index is 1.98. The minimum atomic E-state index is -1.30. The van der Waals surface area contributed by atoms with E-state index in [1.807, 2.05) is 43.3 Å². The van der Waals surface area contributed by atoms with Gasteiger partial charge in [-0.15, -0.1) is 0 Å². The summed E-state index contributed by atoms with van der Waals surface area (Å²) < 4.78 is 33.7. The number of para-hydroxylation sites is 1. The van der Waals surface area contributed by atoms with Crippen LogP contribution in [0, 0.1) is 6.92 Å². The highest BCUT2D eigenvalue weighted by Gasteiger charge is 2.53. The molecule has 0 saturated carbocycles. The number of carbonyl (C=O) groups is 4. The van der Waals surface area contributed by atoms with Gasteiger partial charge in [-0.25, -0.2) is 0 Å². The number of carbonyl (C=O) groups excluding carboxylic acids is 4. The molecule has 2 aromatic rings. The summed E-state index contributed by atoms with van der Waals surface area (Å²) in [5.41, 5.74) is 3.01. The van der Waals surface area contributed by atoms with Crippen molar-refractivity contribution in [3.63, 3.8) is 0 Å². The van der Waals surface area contributed by atoms with Crippen molar-refractivity contribution in [2.24, 2.45) is 0 Å². The first-order valence-corrected chi connectivity index (χ1v) is 12.1. The van der Waals surface area contributed by atoms with E-state index in [0.29, 0.717) is 12.2 Å². The van der Waals surface area contributed by atoms with Gasteiger partial charge in [0, 0.05) is 34.1 Å². The molecule has 0 aliphatic carbocycles. The number of hydrogen-bond donors (Lipinski definition) is 0. The quantitative estimate of drug-likeness (QED) is 0.354. The van der Waals surface area contributed by atoms with Gasteiger partial charge >= 0.3 is 23.9 Å². The number of rotatable bonds is 9. The van der Waals surface area contributed by atoms with Crippen LogP contribution in [-0.4, -0.2) is 61.2 Å². The van der Waals surface area contributed by atoms with Gasteiger partial charge in [0.25, 0.3) is 0 Å². The van der Waals surface area contributed by atoms with Crippen molar-refractivity contribution >= 4 is 23.9 Å². The van der Waals surface area contributed by atoms with Crippen molar-refractivity contribution in [2.45, 2.75) is 71.7 Å². The predicted octanol–water partition coefficient (Wildman–Crippen LogP) is 3.05. The maximum atomic E-state index is 12.1. The fourth-order valence-corrected chi connectivity index (χ4v) is 4.10. The summed E-state index contributed by atoms with van der Waals surface area (Å²) in [4.78, 5) is 47.5. The third kappa shape index (κ3) is 8.04. The second-order valence-electron chi connectivity index (χ2n) is 8.96. The van der Waals surface area contributed by atoms with E-state index in [1.54, 1.807) is 12.1 Å². The molecule has 1 heterocycles. The zero-order valence-electron chi connectivity index (χ0n) is 22.0. The molecule has 0 spiro atoms. The summed E-state index contributed by atoms with van der Waals surface area (Å²) in [5.74, 6) is -2.27. The monoisotopic (exact) mass is 528 g/mol. The molecular formula is C28H32O10. The molecule has 3 rings (SSSR count). The Labute approximate surface area is 221 Å². The second kappa shape index (κ2) is 13.0. The van der Waals surface area contributed by atoms with E-state index in [9.17, 15) is 19.2 Å². The fourth-order valence-electron chi connectivity index (χ4n) is 4.10. The minimum Gasteiger partial charge on any atom is -0.463 e. The van der Waals surface area contributed by atoms with Crippen LogP contribution in [0.5, 0.6) is 5.75 Å². The number of ether oxygens (including phenoxy) is 6. The van der Waals surface area contributed by atoms with Gasteiger partial charge in [0.2, 0.25) is 12.4 Å². The van der Waals surface area contributed by atoms with E-state index in [1.165, 1.54) is 27.7 Å². The summed E-state index contributed by atoms with van der Waals surface area (Å²) in [6, 6.07) is 15.3. The van der Waals surface area contributed by atoms with E-state index in [-0.39, 0.29) is 6.61 Å². The van der Waals surface area contributed by atoms with E-state index < -0.39 is 54.6 Å². The molecule has 38 heavy (non-hydrogen) atoms. The van der Waals surface area contributed by atoms with Crippen LogP contribution in [-0.2, 0) is 49.3 Å². The van der Waals surface area contributed by atoms with E-state index in [0.717, 1.165) is 16.7 Å². The first kappa shape index (κ1) is 28.6. The van der Waals surface area contributed by atoms with Gasteiger partial charge in [0.05, 0.1) is 0 Å². The van der Waals surface area contributed by atoms with Gasteiger partial charge in [0.15, 0.2) is 12.2 Å². The van der Waals surface area contributed by atoms with Crippen LogP contribution in [0.1, 0.15) is 44.4 Å². The number of aryl methyl sites for hydroxylation is 1. The van der Waals surface area contributed by atoms with Crippen LogP contribution in [0.3, 0.4) is 0 Å². The Kier molecular flexibility index (Phi) is 9.84. The van der Waals surface area contributed by atoms with Crippen LogP contribution in [0.2, 0.25) is 0 Å². The van der Waals surface area contributed by atoms with E-state index in [2.05, 4.69) is 0 Å². The first-order chi connectivity index (χ1) is 18.0. The summed E-state index contributed by atoms with van der Waals surface area (Å²) in [5, 5.41) is 0. The standard InChI is InChI=1S/C28H32O10/c1-16-10-12-21(13-11-16)14-22-8-6-7-9-23(22)37-28-27(36-20(5)32)26(35-19(4)31)25(34-18(3)30)24(38-28)15-33-17(2)29/h6-13,24-28H,14-15H2,1-5H3/t24-,25-,26+,27-,28-/m1/s1. The molecule has 10 heteroatoms. The lowest BCUT2D eigenvalue weighted by molar-refractivity contribution is -0.288. The van der Waals surface area contributed by atoms with Crippen LogP contribution < -0.4 is 4.74 Å². The summed E-state index contributed by atoms with van der Waals surface area (Å²) in [7, 11) is 0. The molecular weight excluding hydrogens is 496 g/mol. The van der Waals surface area contributed by atoms with Gasteiger partial charge in [-0.2, -0.15) is 0 Å². The maximum absolute atomic E-state index is 12.1. The van der Waals surface area contributed by atoms with E-state index >= 15 is 0 Å². The largest absolute Gasteiger partial charge is 0.463 e. The Morgan fingerprint density at radius 3 is 1.92 bits per heavy atom. The summed E-state index contributed by atoms with van der Waals surface area (Å²) in [6.07, 6.45) is -5.70. The predicted molar refractivity (Wildman–Crippen MR) is 133 cm³/mol. The van der Waals surface area contributed by atoms with Crippen molar-refractivity contribution in [3.8, 4) is 5.75 Å². The number of benzene rings is 2. The lowest BCUT2D eigenvalue weighted by Gasteiger charge is -2.44. The van der Waals surface area contributed by atoms with Crippen molar-refractivity contribution in [1.82, 2.24) is 0 Å². The van der Waals surface area contributed by atoms with Gasteiger partial charge in [-0.1, -0.05) is 48.0 Å². The maximum Gasteiger partial charge on any atom is 0.303 e. The van der Waals surface area contributed by atoms with Crippen molar-refractivity contribution in [1.29, 1.82) is 0 Å². The zero-order chi connectivity index (χ0) is 27.8. The molecule has 1 aliphatic heterocycles. The lowest BCUT2D eigenvalue weighted by atomic mass is 9.98. The Hall–Kier alpha value is -3.92. The molecule has 2 aromatic carbocycles. The summed E-state index contributed by atoms with van der Waals surface area (Å²) in [6.45, 7) is 6.40. The van der Waals surface area contributed by atoms with E-state index in [4.69, 9.17) is 28.4 Å². The average molecular weight is 529 g/mol. The molecule has 0 amide bonds. The summed E-state index contributed by atoms with van der Waals surface area (Å²) >= 11 is 0. The van der Waals surface area contributed by atoms with Gasteiger partial charge in [0.1, 0.15) is 18.5 Å². The highest BCUT2D eigenvalue weighted by atomic mass is 16.7. The van der Waals surface area contributed by atoms with Crippen LogP contribution in [0.15, 0.2) is 48.5 Å². The molecule has 5 atom stereocenters. The second-order valence-corrected chi connectivity index (χ2v) is 8.96. The fraction of sp³-hybridized carbons (Fsp3) is 0.429. The topological polar surface area (TPSA) is 124 Å². The molecule has 10 nitrogen and oxygen atoms in total. The van der Waals surface area contributed by atoms with Crippen LogP contribution in [0.4, 0.5) is 0 Å². The van der Waals surface area contributed by atoms with Crippen molar-refractivity contribution in [3.05, 3.63) is 65.2 Å². The van der Waals surface area contributed by atoms with Crippen LogP contribution in [0.25, 0.3) is 0 Å². The Bertz CT molecular complexity index is 1140. The van der Waals surface area contributed by atoms with Gasteiger partial charge in [-0.05, 0) is 24.1 Å². The average Bonchev–Trinajstić information content (AvgIpc) is 2.83. The Morgan fingerprint density at radius 1 is 0.737 bits per heavy atom. The normalized spacial score (nSPS) is 22.6. The molecule has 0 radical (unpaired) electrons. The van der Waals surface area contributed by atoms with Gasteiger partial charge < -0.3 is 28.4 Å². The Morgan fingerprint density at radius 2 is 1.32 bits per heavy atom. The third-order valence-corrected chi connectivity index (χ3v) is 5.68. The minimum absolute atomic E-state index is 0.331. The van der Waals surface area contributed by atoms with Crippen molar-refractivity contribution in [2.75, 3.05) is 6.61 Å². The molecule has 1 fully saturated rings.